The molecule has 1 atom stereocenters. The van der Waals surface area contributed by atoms with E-state index in [-0.39, 0.29) is 21.8 Å². The molecule has 2 aromatic rings. The number of halogens is 1. The van der Waals surface area contributed by atoms with Crippen LogP contribution in [0.25, 0.3) is 0 Å². The first-order chi connectivity index (χ1) is 11.4. The molecule has 0 bridgehead atoms. The first-order valence-electron chi connectivity index (χ1n) is 7.32. The summed E-state index contributed by atoms with van der Waals surface area (Å²) < 4.78 is 32.1. The lowest BCUT2D eigenvalue weighted by molar-refractivity contribution is 0.414. The van der Waals surface area contributed by atoms with Crippen LogP contribution in [0.1, 0.15) is 20.3 Å². The van der Waals surface area contributed by atoms with Gasteiger partial charge in [0.2, 0.25) is 0 Å². The molecule has 2 N–H and O–H groups in total. The first kappa shape index (κ1) is 18.3. The highest BCUT2D eigenvalue weighted by atomic mass is 35.5. The first-order valence-corrected chi connectivity index (χ1v) is 9.18. The summed E-state index contributed by atoms with van der Waals surface area (Å²) in [6.45, 7) is 4.07. The fourth-order valence-corrected chi connectivity index (χ4v) is 3.17. The minimum absolute atomic E-state index is 0.0110. The van der Waals surface area contributed by atoms with Gasteiger partial charge in [0.15, 0.2) is 5.82 Å². The maximum atomic E-state index is 12.4. The van der Waals surface area contributed by atoms with E-state index in [1.165, 1.54) is 25.3 Å². The van der Waals surface area contributed by atoms with Gasteiger partial charge in [-0.15, -0.1) is 10.2 Å². The van der Waals surface area contributed by atoms with Crippen LogP contribution in [-0.4, -0.2) is 31.8 Å². The Labute approximate surface area is 146 Å². The van der Waals surface area contributed by atoms with Gasteiger partial charge in [0.05, 0.1) is 17.0 Å². The van der Waals surface area contributed by atoms with Gasteiger partial charge in [-0.2, -0.15) is 0 Å². The van der Waals surface area contributed by atoms with Gasteiger partial charge in [0, 0.05) is 6.04 Å². The molecule has 0 aliphatic heterocycles. The summed E-state index contributed by atoms with van der Waals surface area (Å²) in [5.74, 6) is 1.10. The van der Waals surface area contributed by atoms with E-state index in [0.717, 1.165) is 6.42 Å². The topological polar surface area (TPSA) is 93.2 Å². The molecule has 2 rings (SSSR count). The summed E-state index contributed by atoms with van der Waals surface area (Å²) in [5, 5.41) is 11.2. The second-order valence-corrected chi connectivity index (χ2v) is 7.25. The van der Waals surface area contributed by atoms with Crippen molar-refractivity contribution >= 4 is 33.3 Å². The fourth-order valence-electron chi connectivity index (χ4n) is 1.83. The molecule has 1 aromatic carbocycles. The molecule has 24 heavy (non-hydrogen) atoms. The van der Waals surface area contributed by atoms with Gasteiger partial charge in [0.25, 0.3) is 10.0 Å². The van der Waals surface area contributed by atoms with Gasteiger partial charge in [-0.25, -0.2) is 8.42 Å². The number of ether oxygens (including phenoxy) is 1. The van der Waals surface area contributed by atoms with Crippen LogP contribution >= 0.6 is 11.6 Å². The van der Waals surface area contributed by atoms with Crippen molar-refractivity contribution in [2.24, 2.45) is 0 Å². The maximum absolute atomic E-state index is 12.4. The van der Waals surface area contributed by atoms with Gasteiger partial charge in [0.1, 0.15) is 11.6 Å². The zero-order valence-electron chi connectivity index (χ0n) is 13.6. The summed E-state index contributed by atoms with van der Waals surface area (Å²) >= 11 is 5.97. The Kier molecular flexibility index (Phi) is 5.84. The second-order valence-electron chi connectivity index (χ2n) is 5.16. The summed E-state index contributed by atoms with van der Waals surface area (Å²) in [6, 6.07) is 7.66. The predicted octanol–water partition coefficient (Wildman–Crippen LogP) is 3.15. The molecule has 130 valence electrons. The molecule has 0 saturated carbocycles. The van der Waals surface area contributed by atoms with Gasteiger partial charge in [-0.3, -0.25) is 4.72 Å². The molecule has 9 heteroatoms. The average molecular weight is 371 g/mol. The molecule has 1 unspecified atom stereocenters. The van der Waals surface area contributed by atoms with E-state index in [1.807, 2.05) is 13.8 Å². The third kappa shape index (κ3) is 4.48. The molecule has 7 nitrogen and oxygen atoms in total. The van der Waals surface area contributed by atoms with Gasteiger partial charge in [-0.05, 0) is 43.7 Å². The Balaban J connectivity index is 2.15. The SMILES string of the molecule is CCC(C)Nc1ccc(NS(=O)(=O)c2ccc(OC)c(Cl)c2)nn1. The van der Waals surface area contributed by atoms with E-state index in [1.54, 1.807) is 12.1 Å². The Morgan fingerprint density at radius 2 is 1.88 bits per heavy atom. The van der Waals surface area contributed by atoms with Crippen molar-refractivity contribution < 1.29 is 13.2 Å². The van der Waals surface area contributed by atoms with Crippen LogP contribution in [0.4, 0.5) is 11.6 Å². The zero-order valence-corrected chi connectivity index (χ0v) is 15.1. The quantitative estimate of drug-likeness (QED) is 0.777. The molecular weight excluding hydrogens is 352 g/mol. The van der Waals surface area contributed by atoms with Crippen LogP contribution in [0.15, 0.2) is 35.2 Å². The zero-order chi connectivity index (χ0) is 17.7. The van der Waals surface area contributed by atoms with Crippen LogP contribution in [0.2, 0.25) is 5.02 Å². The van der Waals surface area contributed by atoms with E-state index in [4.69, 9.17) is 16.3 Å². The highest BCUT2D eigenvalue weighted by Crippen LogP contribution is 2.27. The lowest BCUT2D eigenvalue weighted by Crippen LogP contribution is -2.17. The smallest absolute Gasteiger partial charge is 0.263 e. The number of sulfonamides is 1. The Morgan fingerprint density at radius 3 is 2.42 bits per heavy atom. The van der Waals surface area contributed by atoms with E-state index >= 15 is 0 Å². The third-order valence-electron chi connectivity index (χ3n) is 3.34. The van der Waals surface area contributed by atoms with E-state index in [2.05, 4.69) is 20.2 Å². The van der Waals surface area contributed by atoms with Crippen LogP contribution in [-0.2, 0) is 10.0 Å². The van der Waals surface area contributed by atoms with Gasteiger partial charge >= 0.3 is 0 Å². The minimum atomic E-state index is -3.81. The summed E-state index contributed by atoms with van der Waals surface area (Å²) in [4.78, 5) is 0.0110. The number of benzene rings is 1. The van der Waals surface area contributed by atoms with Crippen molar-refractivity contribution in [3.63, 3.8) is 0 Å². The minimum Gasteiger partial charge on any atom is -0.495 e. The normalized spacial score (nSPS) is 12.5. The fraction of sp³-hybridized carbons (Fsp3) is 0.333. The second kappa shape index (κ2) is 7.67. The molecule has 0 aliphatic carbocycles. The molecule has 0 aliphatic rings. The molecule has 1 aromatic heterocycles. The molecule has 0 spiro atoms. The lowest BCUT2D eigenvalue weighted by Gasteiger charge is -2.12. The highest BCUT2D eigenvalue weighted by Gasteiger charge is 2.17. The molecule has 1 heterocycles. The third-order valence-corrected chi connectivity index (χ3v) is 4.99. The van der Waals surface area contributed by atoms with Crippen molar-refractivity contribution in [3.05, 3.63) is 35.4 Å². The highest BCUT2D eigenvalue weighted by molar-refractivity contribution is 7.92. The van der Waals surface area contributed by atoms with E-state index in [9.17, 15) is 8.42 Å². The van der Waals surface area contributed by atoms with Crippen LogP contribution < -0.4 is 14.8 Å². The molecule has 0 radical (unpaired) electrons. The van der Waals surface area contributed by atoms with Crippen LogP contribution in [0, 0.1) is 0 Å². The molecular formula is C15H19ClN4O3S. The predicted molar refractivity (Wildman–Crippen MR) is 94.2 cm³/mol. The summed E-state index contributed by atoms with van der Waals surface area (Å²) in [5.41, 5.74) is 0. The number of hydrogen-bond donors (Lipinski definition) is 2. The van der Waals surface area contributed by atoms with Gasteiger partial charge < -0.3 is 10.1 Å². The van der Waals surface area contributed by atoms with Crippen molar-refractivity contribution in [1.29, 1.82) is 0 Å². The number of methoxy groups -OCH3 is 1. The molecule has 0 amide bonds. The Morgan fingerprint density at radius 1 is 1.21 bits per heavy atom. The van der Waals surface area contributed by atoms with Gasteiger partial charge in [-0.1, -0.05) is 18.5 Å². The Hall–Kier alpha value is -2.06. The number of hydrogen-bond acceptors (Lipinski definition) is 6. The van der Waals surface area contributed by atoms with Crippen molar-refractivity contribution in [3.8, 4) is 5.75 Å². The molecule has 0 fully saturated rings. The monoisotopic (exact) mass is 370 g/mol. The Bertz CT molecular complexity index is 797. The average Bonchev–Trinajstić information content (AvgIpc) is 2.56. The maximum Gasteiger partial charge on any atom is 0.263 e. The van der Waals surface area contributed by atoms with E-state index in [0.29, 0.717) is 11.6 Å². The summed E-state index contributed by atoms with van der Waals surface area (Å²) in [7, 11) is -2.36. The van der Waals surface area contributed by atoms with Crippen molar-refractivity contribution in [2.45, 2.75) is 31.2 Å². The van der Waals surface area contributed by atoms with Crippen molar-refractivity contribution in [2.75, 3.05) is 17.1 Å². The number of anilines is 2. The lowest BCUT2D eigenvalue weighted by atomic mass is 10.2. The number of nitrogens with zero attached hydrogens (tertiary/aromatic N) is 2. The standard InChI is InChI=1S/C15H19ClN4O3S/c1-4-10(2)17-14-7-8-15(19-18-14)20-24(21,22)11-5-6-13(23-3)12(16)9-11/h5-10H,4H2,1-3H3,(H,17,18)(H,19,20). The van der Waals surface area contributed by atoms with Crippen molar-refractivity contribution in [1.82, 2.24) is 10.2 Å². The number of aromatic nitrogens is 2. The largest absolute Gasteiger partial charge is 0.495 e. The molecule has 0 saturated heterocycles. The number of rotatable bonds is 7. The van der Waals surface area contributed by atoms with Crippen LogP contribution in [0.5, 0.6) is 5.75 Å². The van der Waals surface area contributed by atoms with E-state index < -0.39 is 10.0 Å². The number of nitrogens with one attached hydrogen (secondary N) is 2. The summed E-state index contributed by atoms with van der Waals surface area (Å²) in [6.07, 6.45) is 0.939. The van der Waals surface area contributed by atoms with Crippen LogP contribution in [0.3, 0.4) is 0 Å².